The topological polar surface area (TPSA) is 186 Å². The molecule has 0 bridgehead atoms. The standard InChI is InChI=1S/C35H54FN5O7/c1-9-23(19(2)3)17-26(31(44)38-25(16-21-10-11-21)28(42)30(37)43)39-32(45)29(35(6,7)8)41-34(47)40-27(20(4)5)33(46)48-18-22-12-14-24(36)15-13-22/h12-15,19-21,23,25-27,29H,9-11,16-18H2,1-8H3,(H2,37,43)(H,38,44)(H,39,45)(H2,40,41,47)/t23-,25?,26-,27-,29+/m0/s1. The van der Waals surface area contributed by atoms with Crippen molar-refractivity contribution in [3.8, 4) is 0 Å². The molecule has 1 aromatic carbocycles. The second kappa shape index (κ2) is 17.9. The van der Waals surface area contributed by atoms with Gasteiger partial charge in [-0.25, -0.2) is 14.0 Å². The Kier molecular flexibility index (Phi) is 15.0. The highest BCUT2D eigenvalue weighted by atomic mass is 19.1. The molecule has 5 amide bonds. The molecule has 0 saturated heterocycles. The number of nitrogens with one attached hydrogen (secondary N) is 4. The minimum Gasteiger partial charge on any atom is -0.459 e. The molecule has 1 fully saturated rings. The van der Waals surface area contributed by atoms with E-state index in [4.69, 9.17) is 10.5 Å². The number of carbonyl (C=O) groups is 6. The second-order valence-corrected chi connectivity index (χ2v) is 14.6. The lowest BCUT2D eigenvalue weighted by atomic mass is 9.84. The zero-order valence-electron chi connectivity index (χ0n) is 29.5. The number of carbonyl (C=O) groups excluding carboxylic acids is 6. The van der Waals surface area contributed by atoms with Gasteiger partial charge in [0.1, 0.15) is 30.5 Å². The zero-order valence-corrected chi connectivity index (χ0v) is 29.5. The number of ketones is 1. The molecule has 12 nitrogen and oxygen atoms in total. The van der Waals surface area contributed by atoms with Gasteiger partial charge in [-0.05, 0) is 59.6 Å². The third kappa shape index (κ3) is 12.9. The van der Waals surface area contributed by atoms with Gasteiger partial charge in [0.25, 0.3) is 5.91 Å². The lowest BCUT2D eigenvalue weighted by Crippen LogP contribution is -2.61. The Balaban J connectivity index is 2.22. The van der Waals surface area contributed by atoms with E-state index in [0.29, 0.717) is 5.56 Å². The smallest absolute Gasteiger partial charge is 0.329 e. The molecule has 1 aliphatic carbocycles. The first-order valence-corrected chi connectivity index (χ1v) is 16.8. The molecule has 48 heavy (non-hydrogen) atoms. The third-order valence-electron chi connectivity index (χ3n) is 8.69. The van der Waals surface area contributed by atoms with Crippen molar-refractivity contribution in [2.45, 2.75) is 118 Å². The number of nitrogens with two attached hydrogens (primary N) is 1. The molecule has 0 heterocycles. The molecule has 6 N–H and O–H groups in total. The van der Waals surface area contributed by atoms with E-state index >= 15 is 0 Å². The molecule has 2 rings (SSSR count). The zero-order chi connectivity index (χ0) is 36.3. The van der Waals surface area contributed by atoms with Gasteiger partial charge in [-0.3, -0.25) is 19.2 Å². The summed E-state index contributed by atoms with van der Waals surface area (Å²) >= 11 is 0. The van der Waals surface area contributed by atoms with Gasteiger partial charge in [-0.1, -0.05) is 86.8 Å². The van der Waals surface area contributed by atoms with Gasteiger partial charge in [0.15, 0.2) is 0 Å². The minimum absolute atomic E-state index is 0.0341. The number of rotatable bonds is 18. The highest BCUT2D eigenvalue weighted by molar-refractivity contribution is 6.37. The summed E-state index contributed by atoms with van der Waals surface area (Å²) in [6, 6.07) is 0.289. The molecule has 13 heteroatoms. The molecule has 5 atom stereocenters. The van der Waals surface area contributed by atoms with E-state index in [1.165, 1.54) is 24.3 Å². The van der Waals surface area contributed by atoms with Crippen LogP contribution in [0.4, 0.5) is 9.18 Å². The van der Waals surface area contributed by atoms with Crippen LogP contribution in [0.5, 0.6) is 0 Å². The number of hydrogen-bond acceptors (Lipinski definition) is 7. The van der Waals surface area contributed by atoms with Crippen LogP contribution in [0.25, 0.3) is 0 Å². The average molecular weight is 676 g/mol. The molecule has 1 unspecified atom stereocenters. The summed E-state index contributed by atoms with van der Waals surface area (Å²) < 4.78 is 18.6. The average Bonchev–Trinajstić information content (AvgIpc) is 3.82. The van der Waals surface area contributed by atoms with E-state index in [-0.39, 0.29) is 43.1 Å². The molecule has 0 aliphatic heterocycles. The molecule has 0 radical (unpaired) electrons. The van der Waals surface area contributed by atoms with E-state index in [1.54, 1.807) is 34.6 Å². The van der Waals surface area contributed by atoms with Crippen LogP contribution >= 0.6 is 0 Å². The minimum atomic E-state index is -1.15. The first-order valence-electron chi connectivity index (χ1n) is 16.8. The van der Waals surface area contributed by atoms with Crippen molar-refractivity contribution >= 4 is 35.5 Å². The number of esters is 1. The van der Waals surface area contributed by atoms with Crippen molar-refractivity contribution in [2.24, 2.45) is 34.8 Å². The summed E-state index contributed by atoms with van der Waals surface area (Å²) in [7, 11) is 0. The van der Waals surface area contributed by atoms with Crippen molar-refractivity contribution in [3.63, 3.8) is 0 Å². The molecule has 1 saturated carbocycles. The van der Waals surface area contributed by atoms with Gasteiger partial charge < -0.3 is 31.7 Å². The van der Waals surface area contributed by atoms with Crippen LogP contribution < -0.4 is 27.0 Å². The maximum absolute atomic E-state index is 13.8. The summed E-state index contributed by atoms with van der Waals surface area (Å²) in [6.45, 7) is 14.5. The Morgan fingerprint density at radius 2 is 1.46 bits per heavy atom. The summed E-state index contributed by atoms with van der Waals surface area (Å²) in [5, 5.41) is 10.7. The Morgan fingerprint density at radius 1 is 0.875 bits per heavy atom. The molecular formula is C35H54FN5O7. The molecule has 1 aliphatic rings. The van der Waals surface area contributed by atoms with Crippen molar-refractivity contribution < 1.29 is 37.9 Å². The van der Waals surface area contributed by atoms with Crippen LogP contribution in [0, 0.1) is 34.9 Å². The van der Waals surface area contributed by atoms with Gasteiger partial charge in [0, 0.05) is 0 Å². The number of Topliss-reactive ketones (excluding diaryl/α,β-unsaturated/α-hetero) is 1. The fraction of sp³-hybridized carbons (Fsp3) is 0.657. The van der Waals surface area contributed by atoms with Crippen molar-refractivity contribution in [2.75, 3.05) is 0 Å². The summed E-state index contributed by atoms with van der Waals surface area (Å²) in [5.74, 6) is -4.39. The number of benzene rings is 1. The Morgan fingerprint density at radius 3 is 1.94 bits per heavy atom. The van der Waals surface area contributed by atoms with Gasteiger partial charge in [-0.2, -0.15) is 0 Å². The van der Waals surface area contributed by atoms with Crippen LogP contribution in [0.3, 0.4) is 0 Å². The first-order chi connectivity index (χ1) is 22.3. The van der Waals surface area contributed by atoms with Crippen LogP contribution in [0.15, 0.2) is 24.3 Å². The molecule has 0 aromatic heterocycles. The quantitative estimate of drug-likeness (QED) is 0.116. The van der Waals surface area contributed by atoms with E-state index in [1.807, 2.05) is 20.8 Å². The summed E-state index contributed by atoms with van der Waals surface area (Å²) in [6.07, 6.45) is 3.03. The predicted octanol–water partition coefficient (Wildman–Crippen LogP) is 3.50. The maximum atomic E-state index is 13.8. The fourth-order valence-corrected chi connectivity index (χ4v) is 5.37. The number of primary amides is 1. The van der Waals surface area contributed by atoms with Crippen LogP contribution in [-0.4, -0.2) is 59.7 Å². The van der Waals surface area contributed by atoms with Gasteiger partial charge in [-0.15, -0.1) is 0 Å². The van der Waals surface area contributed by atoms with Gasteiger partial charge >= 0.3 is 12.0 Å². The van der Waals surface area contributed by atoms with E-state index in [0.717, 1.165) is 19.3 Å². The highest BCUT2D eigenvalue weighted by Gasteiger charge is 2.39. The number of ether oxygens (including phenoxy) is 1. The highest BCUT2D eigenvalue weighted by Crippen LogP contribution is 2.34. The van der Waals surface area contributed by atoms with Crippen LogP contribution in [-0.2, 0) is 35.3 Å². The van der Waals surface area contributed by atoms with E-state index < -0.39 is 70.9 Å². The third-order valence-corrected chi connectivity index (χ3v) is 8.69. The monoisotopic (exact) mass is 675 g/mol. The SMILES string of the molecule is CC[C@@H](C[C@H](NC(=O)[C@@H](NC(=O)N[C@H](C(=O)OCc1ccc(F)cc1)C(C)C)C(C)(C)C)C(=O)NC(CC1CC1)C(=O)C(N)=O)C(C)C. The summed E-state index contributed by atoms with van der Waals surface area (Å²) in [5.41, 5.74) is 5.00. The Bertz CT molecular complexity index is 1290. The largest absolute Gasteiger partial charge is 0.459 e. The van der Waals surface area contributed by atoms with Crippen molar-refractivity contribution in [1.29, 1.82) is 0 Å². The van der Waals surface area contributed by atoms with Crippen LogP contribution in [0.1, 0.15) is 93.1 Å². The number of halogens is 1. The number of amides is 5. The lowest BCUT2D eigenvalue weighted by Gasteiger charge is -2.33. The fourth-order valence-electron chi connectivity index (χ4n) is 5.37. The van der Waals surface area contributed by atoms with Crippen molar-refractivity contribution in [1.82, 2.24) is 21.3 Å². The second-order valence-electron chi connectivity index (χ2n) is 14.6. The van der Waals surface area contributed by atoms with Crippen molar-refractivity contribution in [3.05, 3.63) is 35.6 Å². The van der Waals surface area contributed by atoms with Crippen LogP contribution in [0.2, 0.25) is 0 Å². The first kappa shape index (κ1) is 40.1. The predicted molar refractivity (Wildman–Crippen MR) is 178 cm³/mol. The normalized spacial score (nSPS) is 16.2. The lowest BCUT2D eigenvalue weighted by molar-refractivity contribution is -0.148. The summed E-state index contributed by atoms with van der Waals surface area (Å²) in [4.78, 5) is 78.0. The molecule has 268 valence electrons. The molecule has 0 spiro atoms. The molecule has 1 aromatic rings. The van der Waals surface area contributed by atoms with E-state index in [9.17, 15) is 33.2 Å². The number of hydrogen-bond donors (Lipinski definition) is 5. The number of urea groups is 1. The maximum Gasteiger partial charge on any atom is 0.329 e. The van der Waals surface area contributed by atoms with Gasteiger partial charge in [0.05, 0.1) is 6.04 Å². The Labute approximate surface area is 283 Å². The molecular weight excluding hydrogens is 621 g/mol. The van der Waals surface area contributed by atoms with E-state index in [2.05, 4.69) is 21.3 Å². The van der Waals surface area contributed by atoms with Gasteiger partial charge in [0.2, 0.25) is 17.6 Å². The Hall–Kier alpha value is -4.03.